The minimum absolute atomic E-state index is 0.0396. The van der Waals surface area contributed by atoms with E-state index in [2.05, 4.69) is 17.1 Å². The van der Waals surface area contributed by atoms with Crippen molar-refractivity contribution in [2.24, 2.45) is 5.92 Å². The predicted octanol–water partition coefficient (Wildman–Crippen LogP) is 1.86. The number of nitrogens with zero attached hydrogens (tertiary/aromatic N) is 1. The lowest BCUT2D eigenvalue weighted by molar-refractivity contribution is -0.117. The van der Waals surface area contributed by atoms with Crippen LogP contribution in [-0.4, -0.2) is 30.4 Å². The van der Waals surface area contributed by atoms with E-state index >= 15 is 0 Å². The molecule has 1 aliphatic rings. The van der Waals surface area contributed by atoms with Gasteiger partial charge in [0.25, 0.3) is 0 Å². The van der Waals surface area contributed by atoms with E-state index < -0.39 is 0 Å². The van der Waals surface area contributed by atoms with Gasteiger partial charge in [-0.05, 0) is 43.5 Å². The average molecular weight is 247 g/mol. The highest BCUT2D eigenvalue weighted by molar-refractivity contribution is 5.93. The molecule has 1 aromatic carbocycles. The van der Waals surface area contributed by atoms with Crippen molar-refractivity contribution in [3.05, 3.63) is 23.8 Å². The fraction of sp³-hybridized carbons (Fsp3) is 0.500. The van der Waals surface area contributed by atoms with E-state index in [1.807, 2.05) is 25.1 Å². The molecule has 2 rings (SSSR count). The molecular formula is C14H21N3O. The molecule has 4 heteroatoms. The molecule has 1 aliphatic heterocycles. The van der Waals surface area contributed by atoms with Gasteiger partial charge in [0.05, 0.1) is 6.54 Å². The van der Waals surface area contributed by atoms with Crippen LogP contribution in [0.3, 0.4) is 0 Å². The quantitative estimate of drug-likeness (QED) is 0.801. The normalized spacial score (nSPS) is 20.0. The number of amides is 1. The standard InChI is InChI=1S/C14H21N3O/c1-10-6-7-17(8-10)9-14(18)16-13-5-3-4-12(15)11(13)2/h3-5,10H,6-9,15H2,1-2H3,(H,16,18). The summed E-state index contributed by atoms with van der Waals surface area (Å²) in [6, 6.07) is 5.58. The van der Waals surface area contributed by atoms with E-state index in [1.54, 1.807) is 0 Å². The number of hydrogen-bond donors (Lipinski definition) is 2. The first-order chi connectivity index (χ1) is 8.56. The average Bonchev–Trinajstić information content (AvgIpc) is 2.70. The van der Waals surface area contributed by atoms with Crippen molar-refractivity contribution in [3.8, 4) is 0 Å². The largest absolute Gasteiger partial charge is 0.398 e. The number of rotatable bonds is 3. The van der Waals surface area contributed by atoms with Gasteiger partial charge in [-0.2, -0.15) is 0 Å². The highest BCUT2D eigenvalue weighted by Gasteiger charge is 2.20. The second-order valence-electron chi connectivity index (χ2n) is 5.20. The molecule has 1 saturated heterocycles. The van der Waals surface area contributed by atoms with Gasteiger partial charge in [-0.3, -0.25) is 9.69 Å². The third-order valence-electron chi connectivity index (χ3n) is 3.52. The summed E-state index contributed by atoms with van der Waals surface area (Å²) in [6.07, 6.45) is 1.19. The minimum Gasteiger partial charge on any atom is -0.398 e. The lowest BCUT2D eigenvalue weighted by Crippen LogP contribution is -2.31. The molecule has 98 valence electrons. The first-order valence-electron chi connectivity index (χ1n) is 6.43. The third kappa shape index (κ3) is 3.01. The first kappa shape index (κ1) is 12.9. The Morgan fingerprint density at radius 1 is 1.56 bits per heavy atom. The van der Waals surface area contributed by atoms with Gasteiger partial charge in [-0.1, -0.05) is 13.0 Å². The second-order valence-corrected chi connectivity index (χ2v) is 5.20. The summed E-state index contributed by atoms with van der Waals surface area (Å²) in [5, 5.41) is 2.93. The summed E-state index contributed by atoms with van der Waals surface area (Å²) in [7, 11) is 0. The van der Waals surface area contributed by atoms with Gasteiger partial charge < -0.3 is 11.1 Å². The molecule has 3 N–H and O–H groups in total. The number of carbonyl (C=O) groups is 1. The molecule has 0 radical (unpaired) electrons. The number of nitrogens with two attached hydrogens (primary N) is 1. The van der Waals surface area contributed by atoms with Gasteiger partial charge in [0.2, 0.25) is 5.91 Å². The van der Waals surface area contributed by atoms with Gasteiger partial charge in [-0.25, -0.2) is 0 Å². The van der Waals surface area contributed by atoms with E-state index in [4.69, 9.17) is 5.73 Å². The summed E-state index contributed by atoms with van der Waals surface area (Å²) in [6.45, 7) is 6.65. The van der Waals surface area contributed by atoms with E-state index in [0.29, 0.717) is 18.2 Å². The topological polar surface area (TPSA) is 58.4 Å². The van der Waals surface area contributed by atoms with Gasteiger partial charge in [0, 0.05) is 17.9 Å². The van der Waals surface area contributed by atoms with Gasteiger partial charge >= 0.3 is 0 Å². The van der Waals surface area contributed by atoms with Crippen LogP contribution in [0.5, 0.6) is 0 Å². The maximum atomic E-state index is 11.9. The maximum absolute atomic E-state index is 11.9. The predicted molar refractivity (Wildman–Crippen MR) is 74.4 cm³/mol. The van der Waals surface area contributed by atoms with Gasteiger partial charge in [-0.15, -0.1) is 0 Å². The van der Waals surface area contributed by atoms with E-state index in [-0.39, 0.29) is 5.91 Å². The molecule has 18 heavy (non-hydrogen) atoms. The monoisotopic (exact) mass is 247 g/mol. The van der Waals surface area contributed by atoms with Crippen molar-refractivity contribution in [1.29, 1.82) is 0 Å². The zero-order valence-electron chi connectivity index (χ0n) is 11.1. The SMILES string of the molecule is Cc1c(N)cccc1NC(=O)CN1CCC(C)C1. The fourth-order valence-corrected chi connectivity index (χ4v) is 2.35. The lowest BCUT2D eigenvalue weighted by atomic mass is 10.1. The zero-order chi connectivity index (χ0) is 13.1. The zero-order valence-corrected chi connectivity index (χ0v) is 11.1. The smallest absolute Gasteiger partial charge is 0.238 e. The molecule has 0 spiro atoms. The number of nitrogens with one attached hydrogen (secondary N) is 1. The van der Waals surface area contributed by atoms with Crippen LogP contribution in [0.25, 0.3) is 0 Å². The molecular weight excluding hydrogens is 226 g/mol. The molecule has 1 unspecified atom stereocenters. The molecule has 0 aliphatic carbocycles. The van der Waals surface area contributed by atoms with Crippen molar-refractivity contribution in [1.82, 2.24) is 4.90 Å². The highest BCUT2D eigenvalue weighted by Crippen LogP contribution is 2.20. The Morgan fingerprint density at radius 3 is 3.00 bits per heavy atom. The molecule has 0 saturated carbocycles. The van der Waals surface area contributed by atoms with Crippen molar-refractivity contribution >= 4 is 17.3 Å². The van der Waals surface area contributed by atoms with Crippen LogP contribution >= 0.6 is 0 Å². The Morgan fingerprint density at radius 2 is 2.33 bits per heavy atom. The lowest BCUT2D eigenvalue weighted by Gasteiger charge is -2.16. The first-order valence-corrected chi connectivity index (χ1v) is 6.43. The van der Waals surface area contributed by atoms with Crippen LogP contribution in [0, 0.1) is 12.8 Å². The molecule has 0 bridgehead atoms. The number of hydrogen-bond acceptors (Lipinski definition) is 3. The second kappa shape index (κ2) is 5.40. The Hall–Kier alpha value is -1.55. The van der Waals surface area contributed by atoms with Crippen LogP contribution in [0.4, 0.5) is 11.4 Å². The van der Waals surface area contributed by atoms with Crippen LogP contribution in [0.2, 0.25) is 0 Å². The third-order valence-corrected chi connectivity index (χ3v) is 3.52. The summed E-state index contributed by atoms with van der Waals surface area (Å²) >= 11 is 0. The summed E-state index contributed by atoms with van der Waals surface area (Å²) in [5.41, 5.74) is 8.27. The Balaban J connectivity index is 1.93. The fourth-order valence-electron chi connectivity index (χ4n) is 2.35. The van der Waals surface area contributed by atoms with Crippen LogP contribution in [0.15, 0.2) is 18.2 Å². The number of likely N-dealkylation sites (tertiary alicyclic amines) is 1. The summed E-state index contributed by atoms with van der Waals surface area (Å²) in [5.74, 6) is 0.740. The van der Waals surface area contributed by atoms with Crippen LogP contribution < -0.4 is 11.1 Å². The van der Waals surface area contributed by atoms with E-state index in [0.717, 1.165) is 24.3 Å². The minimum atomic E-state index is 0.0396. The summed E-state index contributed by atoms with van der Waals surface area (Å²) in [4.78, 5) is 14.1. The Kier molecular flexibility index (Phi) is 3.87. The summed E-state index contributed by atoms with van der Waals surface area (Å²) < 4.78 is 0. The molecule has 1 aromatic rings. The number of anilines is 2. The number of carbonyl (C=O) groups excluding carboxylic acids is 1. The maximum Gasteiger partial charge on any atom is 0.238 e. The van der Waals surface area contributed by atoms with Gasteiger partial charge in [0.1, 0.15) is 0 Å². The number of benzene rings is 1. The van der Waals surface area contributed by atoms with Crippen LogP contribution in [-0.2, 0) is 4.79 Å². The molecule has 1 fully saturated rings. The van der Waals surface area contributed by atoms with Crippen molar-refractivity contribution < 1.29 is 4.79 Å². The van der Waals surface area contributed by atoms with Gasteiger partial charge in [0.15, 0.2) is 0 Å². The van der Waals surface area contributed by atoms with E-state index in [1.165, 1.54) is 6.42 Å². The number of nitrogen functional groups attached to an aromatic ring is 1. The van der Waals surface area contributed by atoms with Crippen molar-refractivity contribution in [2.45, 2.75) is 20.3 Å². The molecule has 1 heterocycles. The molecule has 0 aromatic heterocycles. The van der Waals surface area contributed by atoms with Crippen molar-refractivity contribution in [3.63, 3.8) is 0 Å². The van der Waals surface area contributed by atoms with Crippen molar-refractivity contribution in [2.75, 3.05) is 30.7 Å². The molecule has 1 amide bonds. The highest BCUT2D eigenvalue weighted by atomic mass is 16.2. The molecule has 1 atom stereocenters. The Labute approximate surface area is 108 Å². The van der Waals surface area contributed by atoms with Crippen LogP contribution in [0.1, 0.15) is 18.9 Å². The Bertz CT molecular complexity index is 445. The van der Waals surface area contributed by atoms with E-state index in [9.17, 15) is 4.79 Å². The molecule has 4 nitrogen and oxygen atoms in total.